The Morgan fingerprint density at radius 1 is 1.00 bits per heavy atom. The van der Waals surface area contributed by atoms with Crippen molar-refractivity contribution < 1.29 is 37.3 Å². The predicted octanol–water partition coefficient (Wildman–Crippen LogP) is 3.98. The van der Waals surface area contributed by atoms with E-state index in [1.807, 2.05) is 67.8 Å². The smallest absolute Gasteiger partial charge is 0.545 e. The van der Waals surface area contributed by atoms with Crippen LogP contribution in [0.3, 0.4) is 0 Å². The summed E-state index contributed by atoms with van der Waals surface area (Å²) < 4.78 is 48.3. The van der Waals surface area contributed by atoms with Gasteiger partial charge >= 0.3 is 12.3 Å². The van der Waals surface area contributed by atoms with Crippen molar-refractivity contribution in [3.8, 4) is 11.5 Å². The van der Waals surface area contributed by atoms with Crippen LogP contribution in [-0.4, -0.2) is 18.3 Å². The van der Waals surface area contributed by atoms with Gasteiger partial charge in [-0.2, -0.15) is 0 Å². The zero-order chi connectivity index (χ0) is 19.6. The zero-order valence-corrected chi connectivity index (χ0v) is 18.7. The molecule has 0 aliphatic rings. The predicted molar refractivity (Wildman–Crippen MR) is 107 cm³/mol. The van der Waals surface area contributed by atoms with Crippen LogP contribution in [-0.2, 0) is 0 Å². The van der Waals surface area contributed by atoms with Gasteiger partial charge in [-0.1, -0.05) is 0 Å². The molecule has 0 fully saturated rings. The Bertz CT molecular complexity index is 884. The van der Waals surface area contributed by atoms with Gasteiger partial charge in [0.2, 0.25) is 0 Å². The summed E-state index contributed by atoms with van der Waals surface area (Å²) in [5, 5.41) is 10.9. The molecule has 138 valence electrons. The van der Waals surface area contributed by atoms with Crippen molar-refractivity contribution in [2.24, 2.45) is 0 Å². The normalized spacial score (nSPS) is 11.2. The average molecular weight is 703 g/mol. The maximum absolute atomic E-state index is 12.5. The van der Waals surface area contributed by atoms with E-state index in [1.165, 1.54) is 6.07 Å². The molecule has 0 atom stereocenters. The summed E-state index contributed by atoms with van der Waals surface area (Å²) in [6.07, 6.45) is -5.05. The molecule has 0 saturated carbocycles. The second-order valence-corrected chi connectivity index (χ2v) is 8.12. The van der Waals surface area contributed by atoms with Gasteiger partial charge < -0.3 is 19.4 Å². The number of alkyl halides is 3. The number of benzene rings is 2. The Morgan fingerprint density at radius 3 is 2.23 bits per heavy atom. The number of carbonyl (C=O) groups is 2. The highest BCUT2D eigenvalue weighted by molar-refractivity contribution is 14.1. The third-order valence-electron chi connectivity index (χ3n) is 2.82. The van der Waals surface area contributed by atoms with Gasteiger partial charge in [0.1, 0.15) is 0 Å². The van der Waals surface area contributed by atoms with Crippen LogP contribution in [0.4, 0.5) is 13.2 Å². The van der Waals surface area contributed by atoms with Gasteiger partial charge in [-0.25, -0.2) is 4.79 Å². The third-order valence-corrected chi connectivity index (χ3v) is 6.49. The molecule has 0 aliphatic heterocycles. The topological polar surface area (TPSA) is 75.7 Å². The molecule has 2 aromatic rings. The Kier molecular flexibility index (Phi) is 6.98. The molecular formula is C15H5F3I3O5-. The number of carboxylic acids is 1. The van der Waals surface area contributed by atoms with Crippen molar-refractivity contribution >= 4 is 79.7 Å². The summed E-state index contributed by atoms with van der Waals surface area (Å²) in [7, 11) is 0. The van der Waals surface area contributed by atoms with E-state index < -0.39 is 35.4 Å². The lowest BCUT2D eigenvalue weighted by atomic mass is 10.2. The van der Waals surface area contributed by atoms with Gasteiger partial charge in [-0.05, 0) is 98.1 Å². The Labute approximate surface area is 185 Å². The molecule has 0 heterocycles. The summed E-state index contributed by atoms with van der Waals surface area (Å²) in [5.41, 5.74) is -0.340. The first-order valence-corrected chi connectivity index (χ1v) is 9.69. The van der Waals surface area contributed by atoms with Gasteiger partial charge in [-0.3, -0.25) is 0 Å². The van der Waals surface area contributed by atoms with Crippen LogP contribution >= 0.6 is 67.8 Å². The molecule has 0 unspecified atom stereocenters. The van der Waals surface area contributed by atoms with E-state index in [9.17, 15) is 27.9 Å². The van der Waals surface area contributed by atoms with Crippen molar-refractivity contribution in [2.45, 2.75) is 6.36 Å². The quantitative estimate of drug-likeness (QED) is 0.209. The molecule has 0 amide bonds. The number of aromatic carboxylic acids is 1. The Balaban J connectivity index is 2.45. The molecule has 2 aromatic carbocycles. The molecule has 0 radical (unpaired) electrons. The molecule has 0 aliphatic carbocycles. The minimum atomic E-state index is -5.05. The van der Waals surface area contributed by atoms with Gasteiger partial charge in [0, 0.05) is 16.3 Å². The zero-order valence-electron chi connectivity index (χ0n) is 12.2. The first-order valence-electron chi connectivity index (χ1n) is 6.46. The Hall–Kier alpha value is -0.840. The standard InChI is InChI=1S/C15H6F3I3O5/c16-15(17,18)26-10-2-1-6(13(22)23)3-11(10)25-14(24)8-4-7(19)5-9(20)12(8)21/h1-5H,(H,22,23)/p-1. The van der Waals surface area contributed by atoms with Crippen molar-refractivity contribution in [3.63, 3.8) is 0 Å². The Morgan fingerprint density at radius 2 is 1.65 bits per heavy atom. The van der Waals surface area contributed by atoms with Crippen LogP contribution in [0.5, 0.6) is 11.5 Å². The summed E-state index contributed by atoms with van der Waals surface area (Å²) >= 11 is 5.87. The van der Waals surface area contributed by atoms with Crippen molar-refractivity contribution in [2.75, 3.05) is 0 Å². The van der Waals surface area contributed by atoms with E-state index >= 15 is 0 Å². The molecule has 11 heteroatoms. The van der Waals surface area contributed by atoms with Gasteiger partial charge in [0.15, 0.2) is 11.5 Å². The molecule has 26 heavy (non-hydrogen) atoms. The molecule has 2 rings (SSSR count). The van der Waals surface area contributed by atoms with E-state index in [2.05, 4.69) is 4.74 Å². The maximum atomic E-state index is 12.5. The van der Waals surface area contributed by atoms with Crippen molar-refractivity contribution in [3.05, 3.63) is 52.2 Å². The maximum Gasteiger partial charge on any atom is 0.573 e. The second-order valence-electron chi connectivity index (χ2n) is 4.64. The largest absolute Gasteiger partial charge is 0.573 e. The van der Waals surface area contributed by atoms with E-state index in [4.69, 9.17) is 4.74 Å². The highest BCUT2D eigenvalue weighted by Gasteiger charge is 2.33. The fourth-order valence-electron chi connectivity index (χ4n) is 1.78. The number of rotatable bonds is 4. The summed E-state index contributed by atoms with van der Waals surface area (Å²) in [5.74, 6) is -4.11. The molecule has 5 nitrogen and oxygen atoms in total. The minimum Gasteiger partial charge on any atom is -0.545 e. The highest BCUT2D eigenvalue weighted by atomic mass is 127. The SMILES string of the molecule is O=C([O-])c1ccc(OC(F)(F)F)c(OC(=O)c2cc(I)cc(I)c2I)c1. The van der Waals surface area contributed by atoms with Crippen LogP contribution in [0.1, 0.15) is 20.7 Å². The van der Waals surface area contributed by atoms with E-state index in [-0.39, 0.29) is 5.56 Å². The van der Waals surface area contributed by atoms with Gasteiger partial charge in [0.05, 0.1) is 11.5 Å². The summed E-state index contributed by atoms with van der Waals surface area (Å²) in [6, 6.07) is 5.63. The minimum absolute atomic E-state index is 0.124. The van der Waals surface area contributed by atoms with E-state index in [0.29, 0.717) is 3.57 Å². The summed E-state index contributed by atoms with van der Waals surface area (Å²) in [6.45, 7) is 0. The van der Waals surface area contributed by atoms with Crippen LogP contribution in [0.15, 0.2) is 30.3 Å². The van der Waals surface area contributed by atoms with Crippen molar-refractivity contribution in [1.29, 1.82) is 0 Å². The van der Waals surface area contributed by atoms with Gasteiger partial charge in [0.25, 0.3) is 0 Å². The fraction of sp³-hybridized carbons (Fsp3) is 0.0667. The first kappa shape index (κ1) is 21.5. The highest BCUT2D eigenvalue weighted by Crippen LogP contribution is 2.34. The lowest BCUT2D eigenvalue weighted by Gasteiger charge is -2.15. The average Bonchev–Trinajstić information content (AvgIpc) is 2.50. The molecular weight excluding hydrogens is 698 g/mol. The number of halogens is 6. The number of hydrogen-bond acceptors (Lipinski definition) is 5. The van der Waals surface area contributed by atoms with Crippen LogP contribution in [0.2, 0.25) is 0 Å². The van der Waals surface area contributed by atoms with E-state index in [1.54, 1.807) is 6.07 Å². The van der Waals surface area contributed by atoms with Crippen LogP contribution in [0.25, 0.3) is 0 Å². The number of esters is 1. The second kappa shape index (κ2) is 8.45. The molecule has 0 N–H and O–H groups in total. The van der Waals surface area contributed by atoms with Crippen LogP contribution in [0, 0.1) is 10.7 Å². The molecule has 0 spiro atoms. The van der Waals surface area contributed by atoms with Gasteiger partial charge in [-0.15, -0.1) is 13.2 Å². The number of hydrogen-bond donors (Lipinski definition) is 0. The molecule has 0 aromatic heterocycles. The number of carboxylic acid groups (broad SMARTS) is 1. The first-order chi connectivity index (χ1) is 12.0. The van der Waals surface area contributed by atoms with Crippen LogP contribution < -0.4 is 14.6 Å². The van der Waals surface area contributed by atoms with E-state index in [0.717, 1.165) is 25.3 Å². The summed E-state index contributed by atoms with van der Waals surface area (Å²) in [4.78, 5) is 23.3. The third kappa shape index (κ3) is 5.58. The monoisotopic (exact) mass is 703 g/mol. The molecule has 0 bridgehead atoms. The fourth-order valence-corrected chi connectivity index (χ4v) is 4.16. The number of carbonyl (C=O) groups excluding carboxylic acids is 2. The number of ether oxygens (including phenoxy) is 2. The molecule has 0 saturated heterocycles. The van der Waals surface area contributed by atoms with Crippen molar-refractivity contribution in [1.82, 2.24) is 0 Å². The lowest BCUT2D eigenvalue weighted by molar-refractivity contribution is -0.275. The lowest BCUT2D eigenvalue weighted by Crippen LogP contribution is -2.23.